The van der Waals surface area contributed by atoms with Crippen LogP contribution in [0.3, 0.4) is 0 Å². The molecule has 2 atom stereocenters. The lowest BCUT2D eigenvalue weighted by Gasteiger charge is -2.26. The Morgan fingerprint density at radius 2 is 2.12 bits per heavy atom. The highest BCUT2D eigenvalue weighted by molar-refractivity contribution is 6.35. The summed E-state index contributed by atoms with van der Waals surface area (Å²) in [5, 5.41) is 10.5. The molecule has 1 N–H and O–H groups in total. The van der Waals surface area contributed by atoms with Crippen LogP contribution in [0.25, 0.3) is 0 Å². The Kier molecular flexibility index (Phi) is 3.38. The molecule has 0 spiro atoms. The van der Waals surface area contributed by atoms with Gasteiger partial charge in [0.25, 0.3) is 0 Å². The summed E-state index contributed by atoms with van der Waals surface area (Å²) in [6, 6.07) is 4.98. The Bertz CT molecular complexity index is 420. The summed E-state index contributed by atoms with van der Waals surface area (Å²) < 4.78 is 5.14. The molecule has 1 saturated heterocycles. The Hall–Kier alpha value is -0.770. The van der Waals surface area contributed by atoms with E-state index in [-0.39, 0.29) is 6.42 Å². The first-order chi connectivity index (χ1) is 7.56. The number of hydrogen-bond acceptors (Lipinski definition) is 3. The van der Waals surface area contributed by atoms with Gasteiger partial charge in [0.1, 0.15) is 6.10 Å². The molecule has 0 radical (unpaired) electrons. The van der Waals surface area contributed by atoms with E-state index < -0.39 is 18.2 Å². The topological polar surface area (TPSA) is 46.5 Å². The van der Waals surface area contributed by atoms with Crippen LogP contribution >= 0.6 is 23.2 Å². The molecule has 1 aliphatic rings. The van der Waals surface area contributed by atoms with Gasteiger partial charge in [-0.05, 0) is 12.1 Å². The van der Waals surface area contributed by atoms with E-state index in [0.717, 1.165) is 0 Å². The second-order valence-corrected chi connectivity index (χ2v) is 4.58. The van der Waals surface area contributed by atoms with Crippen LogP contribution < -0.4 is 0 Å². The molecule has 1 aromatic carbocycles. The van der Waals surface area contributed by atoms with E-state index in [1.54, 1.807) is 18.2 Å². The van der Waals surface area contributed by atoms with Gasteiger partial charge in [0.05, 0.1) is 12.5 Å². The molecule has 1 heterocycles. The second kappa shape index (κ2) is 4.62. The number of carbonyl (C=O) groups is 1. The maximum Gasteiger partial charge on any atom is 0.309 e. The Labute approximate surface area is 103 Å². The van der Waals surface area contributed by atoms with Crippen LogP contribution in [-0.4, -0.2) is 17.2 Å². The van der Waals surface area contributed by atoms with Crippen LogP contribution in [0.2, 0.25) is 10.0 Å². The van der Waals surface area contributed by atoms with Gasteiger partial charge >= 0.3 is 5.97 Å². The fourth-order valence-corrected chi connectivity index (χ4v) is 2.26. The van der Waals surface area contributed by atoms with E-state index >= 15 is 0 Å². The minimum absolute atomic E-state index is 0.0434. The lowest BCUT2D eigenvalue weighted by Crippen LogP contribution is -2.27. The van der Waals surface area contributed by atoms with Crippen molar-refractivity contribution in [2.75, 3.05) is 0 Å². The number of benzene rings is 1. The summed E-state index contributed by atoms with van der Waals surface area (Å²) in [4.78, 5) is 11.2. The molecule has 5 heteroatoms. The van der Waals surface area contributed by atoms with Gasteiger partial charge in [0, 0.05) is 22.0 Å². The number of cyclic esters (lactones) is 1. The third-order valence-corrected chi connectivity index (χ3v) is 3.03. The molecule has 0 aromatic heterocycles. The predicted octanol–water partition coefficient (Wildman–Crippen LogP) is 2.73. The van der Waals surface area contributed by atoms with Gasteiger partial charge < -0.3 is 9.84 Å². The summed E-state index contributed by atoms with van der Waals surface area (Å²) in [6.45, 7) is 0. The fraction of sp³-hybridized carbons (Fsp3) is 0.364. The van der Waals surface area contributed by atoms with Gasteiger partial charge in [-0.2, -0.15) is 0 Å². The van der Waals surface area contributed by atoms with Crippen LogP contribution in [0, 0.1) is 0 Å². The van der Waals surface area contributed by atoms with Gasteiger partial charge in [0.15, 0.2) is 0 Å². The summed E-state index contributed by atoms with van der Waals surface area (Å²) >= 11 is 11.8. The van der Waals surface area contributed by atoms with Gasteiger partial charge in [-0.25, -0.2) is 0 Å². The van der Waals surface area contributed by atoms with Crippen molar-refractivity contribution in [1.29, 1.82) is 0 Å². The van der Waals surface area contributed by atoms with Crippen molar-refractivity contribution in [2.45, 2.75) is 25.0 Å². The number of halogens is 2. The first-order valence-corrected chi connectivity index (χ1v) is 5.64. The standard InChI is InChI=1S/C11H10Cl2O3/c12-6-1-2-8(9(13)3-6)10-4-7(14)5-11(15)16-10/h1-3,7,10,14H,4-5H2/t7-,10?/m1/s1. The molecule has 1 fully saturated rings. The number of esters is 1. The van der Waals surface area contributed by atoms with Crippen molar-refractivity contribution in [3.63, 3.8) is 0 Å². The Morgan fingerprint density at radius 1 is 1.38 bits per heavy atom. The molecular weight excluding hydrogens is 251 g/mol. The lowest BCUT2D eigenvalue weighted by atomic mass is 9.99. The molecule has 2 rings (SSSR count). The van der Waals surface area contributed by atoms with E-state index in [9.17, 15) is 9.90 Å². The molecule has 1 aliphatic heterocycles. The molecule has 1 unspecified atom stereocenters. The smallest absolute Gasteiger partial charge is 0.309 e. The quantitative estimate of drug-likeness (QED) is 0.790. The first-order valence-electron chi connectivity index (χ1n) is 4.89. The molecule has 86 valence electrons. The first kappa shape index (κ1) is 11.7. The fourth-order valence-electron chi connectivity index (χ4n) is 1.73. The average Bonchev–Trinajstić information content (AvgIpc) is 2.15. The number of rotatable bonds is 1. The molecule has 0 amide bonds. The summed E-state index contributed by atoms with van der Waals surface area (Å²) in [7, 11) is 0. The molecule has 3 nitrogen and oxygen atoms in total. The van der Waals surface area contributed by atoms with Crippen molar-refractivity contribution in [2.24, 2.45) is 0 Å². The van der Waals surface area contributed by atoms with Crippen LogP contribution in [0.15, 0.2) is 18.2 Å². The normalized spacial score (nSPS) is 25.3. The van der Waals surface area contributed by atoms with E-state index in [1.807, 2.05) is 0 Å². The minimum atomic E-state index is -0.669. The zero-order chi connectivity index (χ0) is 11.7. The summed E-state index contributed by atoms with van der Waals surface area (Å²) in [5.41, 5.74) is 0.679. The van der Waals surface area contributed by atoms with Crippen molar-refractivity contribution < 1.29 is 14.6 Å². The maximum atomic E-state index is 11.2. The molecule has 0 bridgehead atoms. The van der Waals surface area contributed by atoms with Gasteiger partial charge in [-0.15, -0.1) is 0 Å². The van der Waals surface area contributed by atoms with E-state index in [4.69, 9.17) is 27.9 Å². The monoisotopic (exact) mass is 260 g/mol. The van der Waals surface area contributed by atoms with E-state index in [0.29, 0.717) is 22.0 Å². The molecule has 0 aliphatic carbocycles. The van der Waals surface area contributed by atoms with E-state index in [1.165, 1.54) is 0 Å². The number of carbonyl (C=O) groups excluding carboxylic acids is 1. The SMILES string of the molecule is O=C1C[C@H](O)CC(c2ccc(Cl)cc2Cl)O1. The van der Waals surface area contributed by atoms with Crippen molar-refractivity contribution in [1.82, 2.24) is 0 Å². The van der Waals surface area contributed by atoms with Crippen LogP contribution in [0.5, 0.6) is 0 Å². The Morgan fingerprint density at radius 3 is 2.75 bits per heavy atom. The molecule has 1 aromatic rings. The summed E-state index contributed by atoms with van der Waals surface area (Å²) in [6.07, 6.45) is -0.742. The zero-order valence-electron chi connectivity index (χ0n) is 8.32. The number of hydrogen-bond donors (Lipinski definition) is 1. The van der Waals surface area contributed by atoms with Crippen molar-refractivity contribution in [3.8, 4) is 0 Å². The van der Waals surface area contributed by atoms with Crippen molar-refractivity contribution >= 4 is 29.2 Å². The van der Waals surface area contributed by atoms with Crippen LogP contribution in [0.1, 0.15) is 24.5 Å². The Balaban J connectivity index is 2.26. The number of ether oxygens (including phenoxy) is 1. The molecule has 0 saturated carbocycles. The lowest BCUT2D eigenvalue weighted by molar-refractivity contribution is -0.160. The van der Waals surface area contributed by atoms with Crippen molar-refractivity contribution in [3.05, 3.63) is 33.8 Å². The van der Waals surface area contributed by atoms with Crippen LogP contribution in [-0.2, 0) is 9.53 Å². The van der Waals surface area contributed by atoms with Gasteiger partial charge in [-0.3, -0.25) is 4.79 Å². The highest BCUT2D eigenvalue weighted by atomic mass is 35.5. The maximum absolute atomic E-state index is 11.2. The number of aliphatic hydroxyl groups is 1. The van der Waals surface area contributed by atoms with E-state index in [2.05, 4.69) is 0 Å². The third kappa shape index (κ3) is 2.48. The molecular formula is C11H10Cl2O3. The summed E-state index contributed by atoms with van der Waals surface area (Å²) in [5.74, 6) is -0.408. The predicted molar refractivity (Wildman–Crippen MR) is 60.5 cm³/mol. The minimum Gasteiger partial charge on any atom is -0.457 e. The average molecular weight is 261 g/mol. The largest absolute Gasteiger partial charge is 0.457 e. The third-order valence-electron chi connectivity index (χ3n) is 2.47. The highest BCUT2D eigenvalue weighted by Gasteiger charge is 2.29. The van der Waals surface area contributed by atoms with Gasteiger partial charge in [-0.1, -0.05) is 29.3 Å². The van der Waals surface area contributed by atoms with Gasteiger partial charge in [0.2, 0.25) is 0 Å². The highest BCUT2D eigenvalue weighted by Crippen LogP contribution is 2.34. The zero-order valence-corrected chi connectivity index (χ0v) is 9.83. The second-order valence-electron chi connectivity index (χ2n) is 3.74. The molecule has 16 heavy (non-hydrogen) atoms. The number of aliphatic hydroxyl groups excluding tert-OH is 1. The van der Waals surface area contributed by atoms with Crippen LogP contribution in [0.4, 0.5) is 0 Å².